The van der Waals surface area contributed by atoms with Gasteiger partial charge in [-0.05, 0) is 91.6 Å². The van der Waals surface area contributed by atoms with E-state index in [-0.39, 0.29) is 0 Å². The van der Waals surface area contributed by atoms with Crippen LogP contribution >= 0.6 is 0 Å². The second-order valence-corrected chi connectivity index (χ2v) is 10.6. The van der Waals surface area contributed by atoms with E-state index in [1.807, 2.05) is 0 Å². The summed E-state index contributed by atoms with van der Waals surface area (Å²) >= 11 is 0. The zero-order valence-corrected chi connectivity index (χ0v) is 21.2. The van der Waals surface area contributed by atoms with Crippen LogP contribution in [0.25, 0.3) is 0 Å². The maximum Gasteiger partial charge on any atom is 0.0221 e. The van der Waals surface area contributed by atoms with Gasteiger partial charge in [0.15, 0.2) is 0 Å². The van der Waals surface area contributed by atoms with E-state index in [0.717, 1.165) is 26.2 Å². The summed E-state index contributed by atoms with van der Waals surface area (Å²) in [5, 5.41) is 22.5. The van der Waals surface area contributed by atoms with Gasteiger partial charge >= 0.3 is 0 Å². The maximum absolute atomic E-state index is 3.90. The Morgan fingerprint density at radius 2 is 0.656 bits per heavy atom. The van der Waals surface area contributed by atoms with Crippen LogP contribution in [0, 0.1) is 0 Å². The monoisotopic (exact) mass is 450 g/mol. The van der Waals surface area contributed by atoms with Gasteiger partial charge in [-0.1, -0.05) is 38.5 Å². The molecule has 0 amide bonds. The van der Waals surface area contributed by atoms with E-state index in [1.165, 1.54) is 89.9 Å². The van der Waals surface area contributed by atoms with Crippen molar-refractivity contribution in [2.45, 2.75) is 126 Å². The smallest absolute Gasteiger partial charge is 0.0221 e. The first-order valence-electron chi connectivity index (χ1n) is 14.1. The van der Waals surface area contributed by atoms with Crippen molar-refractivity contribution in [2.75, 3.05) is 40.3 Å². The summed E-state index contributed by atoms with van der Waals surface area (Å²) in [4.78, 5) is 0. The molecule has 32 heavy (non-hydrogen) atoms. The summed E-state index contributed by atoms with van der Waals surface area (Å²) in [5.74, 6) is 0. The third kappa shape index (κ3) is 8.84. The highest BCUT2D eigenvalue weighted by Gasteiger charge is 2.25. The van der Waals surface area contributed by atoms with Crippen molar-refractivity contribution in [1.82, 2.24) is 31.9 Å². The molecule has 0 spiro atoms. The van der Waals surface area contributed by atoms with Gasteiger partial charge in [0.2, 0.25) is 0 Å². The topological polar surface area (TPSA) is 72.2 Å². The molecule has 6 atom stereocenters. The first-order chi connectivity index (χ1) is 15.8. The molecule has 3 fully saturated rings. The Hall–Kier alpha value is -0.240. The molecule has 3 aliphatic carbocycles. The number of nitrogens with one attached hydrogen (secondary N) is 6. The molecule has 0 bridgehead atoms. The number of likely N-dealkylation sites (N-methyl/N-ethyl adjacent to an activating group) is 2. The molecule has 0 aromatic carbocycles. The standard InChI is InChI=1S/C26H54N6/c1-27-21-11-3-5-13-23(21)29-17-9-19-31-25-15-7-8-16-26(25)32-20-10-18-30-24-14-6-4-12-22(24)28-2/h21-32H,3-20H2,1-2H3/t21-,22-,23-,24-,25-,26-/m1/s1. The van der Waals surface area contributed by atoms with E-state index < -0.39 is 0 Å². The van der Waals surface area contributed by atoms with E-state index >= 15 is 0 Å². The van der Waals surface area contributed by atoms with Crippen molar-refractivity contribution in [2.24, 2.45) is 0 Å². The summed E-state index contributed by atoms with van der Waals surface area (Å²) in [7, 11) is 4.24. The van der Waals surface area contributed by atoms with Crippen molar-refractivity contribution in [3.8, 4) is 0 Å². The van der Waals surface area contributed by atoms with Crippen molar-refractivity contribution in [3.63, 3.8) is 0 Å². The molecular weight excluding hydrogens is 396 g/mol. The summed E-state index contributed by atoms with van der Waals surface area (Å²) in [6, 6.07) is 3.99. The predicted molar refractivity (Wildman–Crippen MR) is 137 cm³/mol. The summed E-state index contributed by atoms with van der Waals surface area (Å²) in [6.45, 7) is 4.56. The highest BCUT2D eigenvalue weighted by Crippen LogP contribution is 2.20. The van der Waals surface area contributed by atoms with E-state index in [9.17, 15) is 0 Å². The molecule has 0 saturated heterocycles. The minimum absolute atomic E-state index is 0.656. The second-order valence-electron chi connectivity index (χ2n) is 10.6. The van der Waals surface area contributed by atoms with Crippen LogP contribution in [0.3, 0.4) is 0 Å². The zero-order valence-electron chi connectivity index (χ0n) is 21.2. The molecule has 6 nitrogen and oxygen atoms in total. The Morgan fingerprint density at radius 1 is 0.406 bits per heavy atom. The van der Waals surface area contributed by atoms with Crippen LogP contribution in [0.1, 0.15) is 89.9 Å². The van der Waals surface area contributed by atoms with Gasteiger partial charge < -0.3 is 31.9 Å². The molecule has 188 valence electrons. The lowest BCUT2D eigenvalue weighted by molar-refractivity contribution is 0.272. The van der Waals surface area contributed by atoms with Crippen LogP contribution < -0.4 is 31.9 Å². The molecule has 3 rings (SSSR count). The fourth-order valence-corrected chi connectivity index (χ4v) is 6.39. The molecule has 6 heteroatoms. The van der Waals surface area contributed by atoms with E-state index in [1.54, 1.807) is 0 Å². The van der Waals surface area contributed by atoms with Crippen molar-refractivity contribution in [3.05, 3.63) is 0 Å². The van der Waals surface area contributed by atoms with Crippen LogP contribution in [0.5, 0.6) is 0 Å². The minimum atomic E-state index is 0.656. The Labute approximate surface area is 198 Å². The molecule has 0 radical (unpaired) electrons. The quantitative estimate of drug-likeness (QED) is 0.229. The largest absolute Gasteiger partial charge is 0.315 e. The summed E-state index contributed by atoms with van der Waals surface area (Å²) in [6.07, 6.45) is 18.7. The fourth-order valence-electron chi connectivity index (χ4n) is 6.39. The SMILES string of the molecule is CN[C@@H]1CCCC[C@H]1NCCCN[C@@H]1CCCC[C@H]1NCCCN[C@@H]1CCCC[C@H]1NC. The van der Waals surface area contributed by atoms with Gasteiger partial charge in [0.05, 0.1) is 0 Å². The highest BCUT2D eigenvalue weighted by atomic mass is 15.0. The van der Waals surface area contributed by atoms with Gasteiger partial charge in [0, 0.05) is 36.3 Å². The van der Waals surface area contributed by atoms with Crippen LogP contribution in [0.15, 0.2) is 0 Å². The minimum Gasteiger partial charge on any atom is -0.315 e. The summed E-state index contributed by atoms with van der Waals surface area (Å²) in [5.41, 5.74) is 0. The van der Waals surface area contributed by atoms with Crippen LogP contribution in [0.4, 0.5) is 0 Å². The van der Waals surface area contributed by atoms with Crippen LogP contribution in [-0.4, -0.2) is 76.5 Å². The number of rotatable bonds is 14. The fraction of sp³-hybridized carbons (Fsp3) is 1.00. The first-order valence-corrected chi connectivity index (χ1v) is 14.1. The van der Waals surface area contributed by atoms with Gasteiger partial charge in [0.1, 0.15) is 0 Å². The van der Waals surface area contributed by atoms with Crippen LogP contribution in [-0.2, 0) is 0 Å². The normalized spacial score (nSPS) is 33.9. The lowest BCUT2D eigenvalue weighted by atomic mass is 9.90. The Balaban J connectivity index is 1.25. The molecule has 0 aliphatic heterocycles. The summed E-state index contributed by atoms with van der Waals surface area (Å²) < 4.78 is 0. The third-order valence-corrected chi connectivity index (χ3v) is 8.37. The average Bonchev–Trinajstić information content (AvgIpc) is 2.85. The zero-order chi connectivity index (χ0) is 22.4. The first kappa shape index (κ1) is 26.4. The molecule has 0 aromatic heterocycles. The molecule has 3 aliphatic rings. The maximum atomic E-state index is 3.90. The van der Waals surface area contributed by atoms with E-state index in [4.69, 9.17) is 0 Å². The average molecular weight is 451 g/mol. The Bertz CT molecular complexity index is 433. The Morgan fingerprint density at radius 3 is 0.938 bits per heavy atom. The molecular formula is C26H54N6. The third-order valence-electron chi connectivity index (χ3n) is 8.37. The van der Waals surface area contributed by atoms with Crippen molar-refractivity contribution >= 4 is 0 Å². The van der Waals surface area contributed by atoms with Crippen molar-refractivity contribution in [1.29, 1.82) is 0 Å². The lowest BCUT2D eigenvalue weighted by Gasteiger charge is -2.34. The van der Waals surface area contributed by atoms with Gasteiger partial charge in [0.25, 0.3) is 0 Å². The molecule has 0 heterocycles. The highest BCUT2D eigenvalue weighted by molar-refractivity contribution is 4.88. The predicted octanol–water partition coefficient (Wildman–Crippen LogP) is 2.50. The number of hydrogen-bond donors (Lipinski definition) is 6. The second kappa shape index (κ2) is 15.6. The molecule has 6 N–H and O–H groups in total. The van der Waals surface area contributed by atoms with E-state index in [2.05, 4.69) is 46.0 Å². The van der Waals surface area contributed by atoms with Gasteiger partial charge in [-0.15, -0.1) is 0 Å². The van der Waals surface area contributed by atoms with Gasteiger partial charge in [-0.2, -0.15) is 0 Å². The van der Waals surface area contributed by atoms with Crippen molar-refractivity contribution < 1.29 is 0 Å². The van der Waals surface area contributed by atoms with Gasteiger partial charge in [-0.25, -0.2) is 0 Å². The lowest BCUT2D eigenvalue weighted by Crippen LogP contribution is -2.52. The molecule has 3 saturated carbocycles. The van der Waals surface area contributed by atoms with E-state index in [0.29, 0.717) is 36.3 Å². The van der Waals surface area contributed by atoms with Crippen LogP contribution in [0.2, 0.25) is 0 Å². The van der Waals surface area contributed by atoms with Gasteiger partial charge in [-0.3, -0.25) is 0 Å². The molecule has 0 aromatic rings. The number of hydrogen-bond acceptors (Lipinski definition) is 6. The molecule has 0 unspecified atom stereocenters. The Kier molecular flexibility index (Phi) is 12.9.